The average Bonchev–Trinajstić information content (AvgIpc) is 2.90. The van der Waals surface area contributed by atoms with Gasteiger partial charge in [-0.3, -0.25) is 0 Å². The molecule has 0 atom stereocenters. The number of rotatable bonds is 0. The molecule has 0 heteroatoms. The Hall–Kier alpha value is -4.42. The van der Waals surface area contributed by atoms with Crippen LogP contribution in [-0.2, 0) is 0 Å². The van der Waals surface area contributed by atoms with E-state index in [1.54, 1.807) is 0 Å². The standard InChI is InChI=1S/C34H16/c1-5-17-13-15-25-26-16-14-18-6-2-8-20-22-10-4-12-24-23-11-3-9-21-19(7-1)27(17)31(25)33(29(21)23)34(30(22)24)32(26)28(18)20/h1-16H. The third-order valence-corrected chi connectivity index (χ3v) is 8.63. The highest BCUT2D eigenvalue weighted by molar-refractivity contribution is 6.54. The van der Waals surface area contributed by atoms with Gasteiger partial charge in [-0.2, -0.15) is 0 Å². The highest BCUT2D eigenvalue weighted by Gasteiger charge is 2.25. The van der Waals surface area contributed by atoms with Gasteiger partial charge >= 0.3 is 0 Å². The Morgan fingerprint density at radius 1 is 0.206 bits per heavy atom. The molecule has 0 unspecified atom stereocenters. The van der Waals surface area contributed by atoms with E-state index in [-0.39, 0.29) is 0 Å². The van der Waals surface area contributed by atoms with Crippen molar-refractivity contribution in [1.82, 2.24) is 0 Å². The molecule has 0 amide bonds. The molecule has 0 saturated carbocycles. The third-order valence-electron chi connectivity index (χ3n) is 8.63. The van der Waals surface area contributed by atoms with Gasteiger partial charge in [-0.15, -0.1) is 0 Å². The Morgan fingerprint density at radius 2 is 0.529 bits per heavy atom. The topological polar surface area (TPSA) is 0 Å². The lowest BCUT2D eigenvalue weighted by Crippen LogP contribution is -1.96. The first kappa shape index (κ1) is 16.2. The van der Waals surface area contributed by atoms with E-state index in [1.165, 1.54) is 97.0 Å². The summed E-state index contributed by atoms with van der Waals surface area (Å²) in [5, 5.41) is 25.2. The van der Waals surface area contributed by atoms with E-state index in [0.717, 1.165) is 0 Å². The number of hydrogen-bond acceptors (Lipinski definition) is 0. The van der Waals surface area contributed by atoms with Crippen LogP contribution in [0.15, 0.2) is 97.1 Å². The van der Waals surface area contributed by atoms with E-state index in [4.69, 9.17) is 0 Å². The van der Waals surface area contributed by atoms with Gasteiger partial charge in [0.25, 0.3) is 0 Å². The van der Waals surface area contributed by atoms with Crippen LogP contribution in [0.3, 0.4) is 0 Å². The van der Waals surface area contributed by atoms with Crippen molar-refractivity contribution in [2.24, 2.45) is 0 Å². The molecular weight excluding hydrogens is 408 g/mol. The summed E-state index contributed by atoms with van der Waals surface area (Å²) in [5.41, 5.74) is 0. The summed E-state index contributed by atoms with van der Waals surface area (Å²) in [5.74, 6) is 0. The van der Waals surface area contributed by atoms with Crippen LogP contribution in [0.2, 0.25) is 0 Å². The first-order valence-electron chi connectivity index (χ1n) is 12.0. The van der Waals surface area contributed by atoms with Gasteiger partial charge in [-0.1, -0.05) is 97.1 Å². The summed E-state index contributed by atoms with van der Waals surface area (Å²) in [6.45, 7) is 0. The van der Waals surface area contributed by atoms with Crippen molar-refractivity contribution in [3.63, 3.8) is 0 Å². The van der Waals surface area contributed by atoms with Crippen LogP contribution in [0, 0.1) is 0 Å². The minimum absolute atomic E-state index is 1.33. The Balaban J connectivity index is 1.80. The lowest BCUT2D eigenvalue weighted by Gasteiger charge is -2.25. The maximum Gasteiger partial charge on any atom is -0.0000714 e. The molecule has 10 rings (SSSR count). The van der Waals surface area contributed by atoms with Crippen molar-refractivity contribution in [2.75, 3.05) is 0 Å². The third kappa shape index (κ3) is 1.51. The molecule has 0 heterocycles. The molecule has 0 radical (unpaired) electrons. The molecule has 10 aromatic rings. The van der Waals surface area contributed by atoms with Crippen LogP contribution in [-0.4, -0.2) is 0 Å². The summed E-state index contributed by atoms with van der Waals surface area (Å²) in [6, 6.07) is 36.8. The summed E-state index contributed by atoms with van der Waals surface area (Å²) in [7, 11) is 0. The lowest BCUT2D eigenvalue weighted by atomic mass is 9.78. The van der Waals surface area contributed by atoms with Gasteiger partial charge in [-0.05, 0) is 97.0 Å². The molecule has 0 N–H and O–H groups in total. The highest BCUT2D eigenvalue weighted by Crippen LogP contribution is 2.54. The summed E-state index contributed by atoms with van der Waals surface area (Å²) in [6.07, 6.45) is 0. The maximum atomic E-state index is 2.37. The quantitative estimate of drug-likeness (QED) is 0.168. The van der Waals surface area contributed by atoms with Crippen LogP contribution in [0.1, 0.15) is 0 Å². The number of hydrogen-bond donors (Lipinski definition) is 0. The van der Waals surface area contributed by atoms with Crippen molar-refractivity contribution in [3.8, 4) is 0 Å². The highest BCUT2D eigenvalue weighted by atomic mass is 14.3. The summed E-state index contributed by atoms with van der Waals surface area (Å²) < 4.78 is 0. The van der Waals surface area contributed by atoms with Gasteiger partial charge in [0.05, 0.1) is 0 Å². The van der Waals surface area contributed by atoms with Crippen molar-refractivity contribution >= 4 is 97.0 Å². The van der Waals surface area contributed by atoms with Gasteiger partial charge in [0.15, 0.2) is 0 Å². The summed E-state index contributed by atoms with van der Waals surface area (Å²) >= 11 is 0. The second kappa shape index (κ2) is 5.05. The van der Waals surface area contributed by atoms with Crippen LogP contribution >= 0.6 is 0 Å². The predicted octanol–water partition coefficient (Wildman–Crippen LogP) is 9.82. The second-order valence-corrected chi connectivity index (χ2v) is 9.99. The van der Waals surface area contributed by atoms with E-state index in [2.05, 4.69) is 97.1 Å². The van der Waals surface area contributed by atoms with Crippen molar-refractivity contribution < 1.29 is 0 Å². The SMILES string of the molecule is c1cc2ccc3c4ccc5cccc6c7cccc8c9cccc%10c(c1)c2c3c(c%109)c(c78)c4c56. The molecule has 152 valence electrons. The molecule has 0 aliphatic rings. The van der Waals surface area contributed by atoms with Gasteiger partial charge in [-0.25, -0.2) is 0 Å². The van der Waals surface area contributed by atoms with Crippen LogP contribution in [0.4, 0.5) is 0 Å². The molecule has 0 nitrogen and oxygen atoms in total. The summed E-state index contributed by atoms with van der Waals surface area (Å²) in [4.78, 5) is 0. The Morgan fingerprint density at radius 3 is 0.941 bits per heavy atom. The van der Waals surface area contributed by atoms with Gasteiger partial charge in [0, 0.05) is 0 Å². The van der Waals surface area contributed by atoms with Crippen LogP contribution in [0.25, 0.3) is 97.0 Å². The average molecular weight is 425 g/mol. The van der Waals surface area contributed by atoms with Gasteiger partial charge < -0.3 is 0 Å². The zero-order valence-electron chi connectivity index (χ0n) is 18.2. The first-order chi connectivity index (χ1) is 16.9. The van der Waals surface area contributed by atoms with Gasteiger partial charge in [0.1, 0.15) is 0 Å². The molecule has 10 aromatic carbocycles. The normalized spacial score (nSPS) is 13.3. The predicted molar refractivity (Wildman–Crippen MR) is 149 cm³/mol. The molecule has 0 saturated heterocycles. The van der Waals surface area contributed by atoms with E-state index in [9.17, 15) is 0 Å². The van der Waals surface area contributed by atoms with E-state index < -0.39 is 0 Å². The number of benzene rings is 10. The van der Waals surface area contributed by atoms with Crippen molar-refractivity contribution in [2.45, 2.75) is 0 Å². The minimum Gasteiger partial charge on any atom is -0.0610 e. The largest absolute Gasteiger partial charge is 0.0610 e. The minimum atomic E-state index is 1.33. The van der Waals surface area contributed by atoms with E-state index >= 15 is 0 Å². The molecular formula is C34H16. The lowest BCUT2D eigenvalue weighted by molar-refractivity contribution is 1.80. The molecule has 0 spiro atoms. The Bertz CT molecular complexity index is 2250. The molecule has 0 fully saturated rings. The Kier molecular flexibility index (Phi) is 2.41. The van der Waals surface area contributed by atoms with Crippen LogP contribution in [0.5, 0.6) is 0 Å². The monoisotopic (exact) mass is 424 g/mol. The van der Waals surface area contributed by atoms with Gasteiger partial charge in [0.2, 0.25) is 0 Å². The number of fused-ring (bicyclic) bond motifs is 4. The molecule has 0 aromatic heterocycles. The molecule has 34 heavy (non-hydrogen) atoms. The molecule has 0 aliphatic heterocycles. The Labute approximate surface area is 193 Å². The van der Waals surface area contributed by atoms with E-state index in [1.807, 2.05) is 0 Å². The van der Waals surface area contributed by atoms with Crippen LogP contribution < -0.4 is 0 Å². The fourth-order valence-corrected chi connectivity index (χ4v) is 7.47. The van der Waals surface area contributed by atoms with Crippen molar-refractivity contribution in [1.29, 1.82) is 0 Å². The fourth-order valence-electron chi connectivity index (χ4n) is 7.47. The molecule has 0 bridgehead atoms. The smallest absolute Gasteiger partial charge is 0.0000714 e. The molecule has 0 aliphatic carbocycles. The fraction of sp³-hybridized carbons (Fsp3) is 0. The maximum absolute atomic E-state index is 2.37. The second-order valence-electron chi connectivity index (χ2n) is 9.99. The first-order valence-corrected chi connectivity index (χ1v) is 12.0. The van der Waals surface area contributed by atoms with E-state index in [0.29, 0.717) is 0 Å². The zero-order chi connectivity index (χ0) is 21.7. The van der Waals surface area contributed by atoms with Crippen molar-refractivity contribution in [3.05, 3.63) is 97.1 Å². The zero-order valence-corrected chi connectivity index (χ0v) is 18.2.